The summed E-state index contributed by atoms with van der Waals surface area (Å²) in [5.41, 5.74) is 3.63. The van der Waals surface area contributed by atoms with E-state index in [1.165, 1.54) is 11.1 Å². The molecule has 96 valence electrons. The van der Waals surface area contributed by atoms with Crippen LogP contribution in [0.3, 0.4) is 0 Å². The van der Waals surface area contributed by atoms with Crippen LogP contribution in [0.5, 0.6) is 5.75 Å². The van der Waals surface area contributed by atoms with Crippen molar-refractivity contribution in [2.45, 2.75) is 19.8 Å². The van der Waals surface area contributed by atoms with Crippen LogP contribution in [0.25, 0.3) is 0 Å². The molecule has 0 bridgehead atoms. The fourth-order valence-corrected chi connectivity index (χ4v) is 1.82. The molecule has 0 heterocycles. The second-order valence-corrected chi connectivity index (χ2v) is 4.38. The lowest BCUT2D eigenvalue weighted by molar-refractivity contribution is 0.414. The average molecular weight is 250 g/mol. The lowest BCUT2D eigenvalue weighted by atomic mass is 10.1. The van der Waals surface area contributed by atoms with Gasteiger partial charge in [0.1, 0.15) is 5.75 Å². The Labute approximate surface area is 115 Å². The maximum Gasteiger partial charge on any atom is 0.118 e. The number of rotatable bonds is 3. The van der Waals surface area contributed by atoms with Gasteiger partial charge in [-0.05, 0) is 41.8 Å². The molecule has 0 unspecified atom stereocenters. The highest BCUT2D eigenvalue weighted by Crippen LogP contribution is 2.11. The zero-order valence-electron chi connectivity index (χ0n) is 11.4. The van der Waals surface area contributed by atoms with Gasteiger partial charge in [-0.25, -0.2) is 0 Å². The monoisotopic (exact) mass is 250 g/mol. The first-order valence-corrected chi connectivity index (χ1v) is 6.52. The van der Waals surface area contributed by atoms with E-state index in [4.69, 9.17) is 4.74 Å². The number of benzene rings is 2. The summed E-state index contributed by atoms with van der Waals surface area (Å²) in [5, 5.41) is 0. The van der Waals surface area contributed by atoms with Crippen molar-refractivity contribution >= 4 is 0 Å². The molecule has 2 aromatic rings. The first kappa shape index (κ1) is 13.2. The first-order valence-electron chi connectivity index (χ1n) is 6.52. The summed E-state index contributed by atoms with van der Waals surface area (Å²) in [6, 6.07) is 16.5. The number of ether oxygens (including phenoxy) is 1. The van der Waals surface area contributed by atoms with Gasteiger partial charge in [-0.3, -0.25) is 0 Å². The van der Waals surface area contributed by atoms with Crippen LogP contribution in [0.2, 0.25) is 0 Å². The summed E-state index contributed by atoms with van der Waals surface area (Å²) < 4.78 is 5.13. The van der Waals surface area contributed by atoms with Gasteiger partial charge in [-0.2, -0.15) is 0 Å². The third kappa shape index (κ3) is 3.89. The van der Waals surface area contributed by atoms with Crippen LogP contribution < -0.4 is 4.74 Å². The number of hydrogen-bond acceptors (Lipinski definition) is 1. The minimum Gasteiger partial charge on any atom is -0.497 e. The average Bonchev–Trinajstić information content (AvgIpc) is 2.49. The summed E-state index contributed by atoms with van der Waals surface area (Å²) in [6.07, 6.45) is 1.83. The van der Waals surface area contributed by atoms with Crippen LogP contribution in [0.4, 0.5) is 0 Å². The minimum absolute atomic E-state index is 0.763. The highest BCUT2D eigenvalue weighted by molar-refractivity contribution is 5.38. The highest BCUT2D eigenvalue weighted by atomic mass is 16.5. The summed E-state index contributed by atoms with van der Waals surface area (Å²) in [7, 11) is 1.68. The molecule has 0 aliphatic rings. The molecule has 0 spiro atoms. The van der Waals surface area contributed by atoms with E-state index in [1.54, 1.807) is 7.11 Å². The zero-order chi connectivity index (χ0) is 13.5. The third-order valence-corrected chi connectivity index (χ3v) is 3.05. The van der Waals surface area contributed by atoms with Gasteiger partial charge in [-0.15, -0.1) is 0 Å². The lowest BCUT2D eigenvalue weighted by Gasteiger charge is -1.99. The summed E-state index contributed by atoms with van der Waals surface area (Å²) in [4.78, 5) is 0. The summed E-state index contributed by atoms with van der Waals surface area (Å²) >= 11 is 0. The Morgan fingerprint density at radius 2 is 1.53 bits per heavy atom. The van der Waals surface area contributed by atoms with Gasteiger partial charge in [0.15, 0.2) is 0 Å². The van der Waals surface area contributed by atoms with Gasteiger partial charge < -0.3 is 4.74 Å². The molecule has 0 aromatic heterocycles. The predicted octanol–water partition coefficient (Wildman–Crippen LogP) is 3.85. The van der Waals surface area contributed by atoms with E-state index in [1.807, 2.05) is 24.3 Å². The van der Waals surface area contributed by atoms with E-state index in [0.29, 0.717) is 0 Å². The van der Waals surface area contributed by atoms with Gasteiger partial charge in [0.25, 0.3) is 0 Å². The smallest absolute Gasteiger partial charge is 0.118 e. The standard InChI is InChI=1S/C18H18O/c1-3-15-7-9-16(10-8-15)5-4-6-17-11-13-18(19-2)14-12-17/h7-14H,3,6H2,1-2H3. The quantitative estimate of drug-likeness (QED) is 0.752. The van der Waals surface area contributed by atoms with E-state index >= 15 is 0 Å². The van der Waals surface area contributed by atoms with E-state index in [9.17, 15) is 0 Å². The van der Waals surface area contributed by atoms with Gasteiger partial charge in [0.05, 0.1) is 7.11 Å². The molecule has 0 aliphatic heterocycles. The molecule has 0 N–H and O–H groups in total. The second-order valence-electron chi connectivity index (χ2n) is 4.38. The zero-order valence-corrected chi connectivity index (χ0v) is 11.4. The van der Waals surface area contributed by atoms with Crippen LogP contribution in [-0.2, 0) is 12.8 Å². The Kier molecular flexibility index (Phi) is 4.64. The van der Waals surface area contributed by atoms with Crippen LogP contribution in [-0.4, -0.2) is 7.11 Å². The van der Waals surface area contributed by atoms with Crippen molar-refractivity contribution < 1.29 is 4.74 Å². The Morgan fingerprint density at radius 1 is 0.895 bits per heavy atom. The fraction of sp³-hybridized carbons (Fsp3) is 0.222. The van der Waals surface area contributed by atoms with E-state index < -0.39 is 0 Å². The Balaban J connectivity index is 1.99. The van der Waals surface area contributed by atoms with E-state index in [0.717, 1.165) is 24.2 Å². The SMILES string of the molecule is CCc1ccc(C#CCc2ccc(OC)cc2)cc1. The van der Waals surface area contributed by atoms with Crippen LogP contribution >= 0.6 is 0 Å². The number of methoxy groups -OCH3 is 1. The maximum absolute atomic E-state index is 5.13. The molecule has 0 radical (unpaired) electrons. The van der Waals surface area contributed by atoms with Crippen LogP contribution in [0.1, 0.15) is 23.6 Å². The van der Waals surface area contributed by atoms with Crippen molar-refractivity contribution in [3.63, 3.8) is 0 Å². The first-order chi connectivity index (χ1) is 9.31. The molecule has 2 aromatic carbocycles. The van der Waals surface area contributed by atoms with E-state index in [2.05, 4.69) is 43.0 Å². The van der Waals surface area contributed by atoms with Crippen molar-refractivity contribution in [1.29, 1.82) is 0 Å². The van der Waals surface area contributed by atoms with Crippen molar-refractivity contribution in [2.75, 3.05) is 7.11 Å². The Hall–Kier alpha value is -2.20. The van der Waals surface area contributed by atoms with Crippen molar-refractivity contribution in [1.82, 2.24) is 0 Å². The van der Waals surface area contributed by atoms with Crippen molar-refractivity contribution in [2.24, 2.45) is 0 Å². The molecular formula is C18H18O. The molecule has 2 rings (SSSR count). The Bertz CT molecular complexity index is 568. The largest absolute Gasteiger partial charge is 0.497 e. The number of aryl methyl sites for hydroxylation is 1. The van der Waals surface area contributed by atoms with Gasteiger partial charge in [0.2, 0.25) is 0 Å². The van der Waals surface area contributed by atoms with Crippen LogP contribution in [0.15, 0.2) is 48.5 Å². The fourth-order valence-electron chi connectivity index (χ4n) is 1.82. The van der Waals surface area contributed by atoms with Crippen molar-refractivity contribution in [3.8, 4) is 17.6 Å². The predicted molar refractivity (Wildman–Crippen MR) is 79.4 cm³/mol. The second kappa shape index (κ2) is 6.66. The third-order valence-electron chi connectivity index (χ3n) is 3.05. The van der Waals surface area contributed by atoms with Gasteiger partial charge in [-0.1, -0.05) is 43.0 Å². The molecular weight excluding hydrogens is 232 g/mol. The Morgan fingerprint density at radius 3 is 2.11 bits per heavy atom. The van der Waals surface area contributed by atoms with E-state index in [-0.39, 0.29) is 0 Å². The molecule has 19 heavy (non-hydrogen) atoms. The minimum atomic E-state index is 0.763. The molecule has 0 fully saturated rings. The summed E-state index contributed by atoms with van der Waals surface area (Å²) in [5.74, 6) is 7.28. The molecule has 1 nitrogen and oxygen atoms in total. The maximum atomic E-state index is 5.13. The highest BCUT2D eigenvalue weighted by Gasteiger charge is 1.92. The molecule has 0 saturated heterocycles. The molecule has 1 heteroatoms. The summed E-state index contributed by atoms with van der Waals surface area (Å²) in [6.45, 7) is 2.16. The van der Waals surface area contributed by atoms with Crippen molar-refractivity contribution in [3.05, 3.63) is 65.2 Å². The van der Waals surface area contributed by atoms with Gasteiger partial charge in [0, 0.05) is 12.0 Å². The number of hydrogen-bond donors (Lipinski definition) is 0. The normalized spacial score (nSPS) is 9.58. The molecule has 0 aliphatic carbocycles. The molecule has 0 amide bonds. The topological polar surface area (TPSA) is 9.23 Å². The van der Waals surface area contributed by atoms with Crippen LogP contribution in [0, 0.1) is 11.8 Å². The molecule has 0 atom stereocenters. The van der Waals surface area contributed by atoms with Gasteiger partial charge >= 0.3 is 0 Å². The lowest BCUT2D eigenvalue weighted by Crippen LogP contribution is -1.85. The molecule has 0 saturated carbocycles.